The largest absolute Gasteiger partial charge is 0.457 e. The van der Waals surface area contributed by atoms with Gasteiger partial charge < -0.3 is 4.74 Å². The molecule has 2 aliphatic heterocycles. The number of fused-ring (bicyclic) bond motifs is 2. The maximum atomic E-state index is 6.62. The first-order valence-corrected chi connectivity index (χ1v) is 20.8. The number of ether oxygens (including phenoxy) is 1. The summed E-state index contributed by atoms with van der Waals surface area (Å²) < 4.78 is 6.62. The average Bonchev–Trinajstić information content (AvgIpc) is 3.53. The molecule has 0 aromatic heterocycles. The number of aliphatic imine (C=N–C) groups is 1. The van der Waals surface area contributed by atoms with Crippen molar-refractivity contribution in [1.29, 1.82) is 0 Å². The molecule has 3 aliphatic carbocycles. The van der Waals surface area contributed by atoms with E-state index in [1.807, 2.05) is 0 Å². The molecule has 10 rings (SSSR count). The molecule has 5 aromatic carbocycles. The van der Waals surface area contributed by atoms with E-state index >= 15 is 0 Å². The Hall–Kier alpha value is -6.51. The second-order valence-corrected chi connectivity index (χ2v) is 16.2. The van der Waals surface area contributed by atoms with Gasteiger partial charge in [0.1, 0.15) is 11.5 Å². The highest BCUT2D eigenvalue weighted by atomic mass is 16.5. The van der Waals surface area contributed by atoms with Gasteiger partial charge in [-0.05, 0) is 83.1 Å². The van der Waals surface area contributed by atoms with Crippen molar-refractivity contribution in [2.75, 3.05) is 0 Å². The first-order valence-electron chi connectivity index (χ1n) is 20.8. The number of benzene rings is 5. The highest BCUT2D eigenvalue weighted by Gasteiger charge is 2.47. The van der Waals surface area contributed by atoms with Crippen LogP contribution in [0.25, 0.3) is 11.1 Å². The molecule has 0 saturated heterocycles. The first-order chi connectivity index (χ1) is 28.6. The number of allylic oxidation sites excluding steroid dienone is 15. The van der Waals surface area contributed by atoms with Crippen molar-refractivity contribution in [3.63, 3.8) is 0 Å². The molecule has 0 N–H and O–H groups in total. The summed E-state index contributed by atoms with van der Waals surface area (Å²) in [5, 5.41) is 0. The molecule has 4 atom stereocenters. The second-order valence-electron chi connectivity index (χ2n) is 16.2. The molecule has 2 heterocycles. The van der Waals surface area contributed by atoms with Crippen LogP contribution in [-0.4, -0.2) is 5.71 Å². The van der Waals surface area contributed by atoms with Gasteiger partial charge in [-0.25, -0.2) is 0 Å². The van der Waals surface area contributed by atoms with E-state index in [-0.39, 0.29) is 17.8 Å². The highest BCUT2D eigenvalue weighted by molar-refractivity contribution is 6.13. The zero-order chi connectivity index (χ0) is 38.9. The minimum atomic E-state index is -0.503. The molecule has 2 nitrogen and oxygen atoms in total. The Morgan fingerprint density at radius 2 is 1.21 bits per heavy atom. The maximum absolute atomic E-state index is 6.62. The van der Waals surface area contributed by atoms with Gasteiger partial charge in [0.15, 0.2) is 0 Å². The van der Waals surface area contributed by atoms with Crippen LogP contribution in [0.4, 0.5) is 0 Å². The SMILES string of the molecule is CC1C=CC=C(c2ccc(C3=CC(c4ccccc4)=NC(C4C=CC=CC4C4C=CC=C(C5(c6ccccc6)c6ccccc6Oc6ccccc65)C4)=CC3)cc2)C1. The Bertz CT molecular complexity index is 2580. The Balaban J connectivity index is 1.01. The van der Waals surface area contributed by atoms with Crippen molar-refractivity contribution in [3.8, 4) is 11.5 Å². The number of hydrogen-bond acceptors (Lipinski definition) is 2. The highest BCUT2D eigenvalue weighted by Crippen LogP contribution is 2.57. The molecule has 5 aliphatic rings. The third kappa shape index (κ3) is 6.53. The molecule has 282 valence electrons. The summed E-state index contributed by atoms with van der Waals surface area (Å²) in [6.45, 7) is 2.29. The van der Waals surface area contributed by atoms with E-state index in [9.17, 15) is 0 Å². The third-order valence-electron chi connectivity index (χ3n) is 12.7. The Morgan fingerprint density at radius 3 is 1.93 bits per heavy atom. The molecule has 58 heavy (non-hydrogen) atoms. The molecular weight excluding hydrogens is 703 g/mol. The van der Waals surface area contributed by atoms with Crippen LogP contribution in [0.5, 0.6) is 11.5 Å². The summed E-state index contributed by atoms with van der Waals surface area (Å²) in [7, 11) is 0. The number of nitrogens with zero attached hydrogens (tertiary/aromatic N) is 1. The smallest absolute Gasteiger partial charge is 0.132 e. The van der Waals surface area contributed by atoms with Crippen LogP contribution in [-0.2, 0) is 5.41 Å². The predicted octanol–water partition coefficient (Wildman–Crippen LogP) is 13.8. The van der Waals surface area contributed by atoms with Gasteiger partial charge >= 0.3 is 0 Å². The molecular formula is C56H47NO. The van der Waals surface area contributed by atoms with E-state index < -0.39 is 5.41 Å². The van der Waals surface area contributed by atoms with E-state index in [4.69, 9.17) is 9.73 Å². The van der Waals surface area contributed by atoms with Crippen molar-refractivity contribution in [2.45, 2.75) is 31.6 Å². The van der Waals surface area contributed by atoms with Crippen molar-refractivity contribution >= 4 is 16.9 Å². The molecule has 4 unspecified atom stereocenters. The molecule has 0 saturated carbocycles. The third-order valence-corrected chi connectivity index (χ3v) is 12.7. The van der Waals surface area contributed by atoms with Gasteiger partial charge in [0.05, 0.1) is 11.1 Å². The van der Waals surface area contributed by atoms with Crippen LogP contribution in [0, 0.1) is 23.7 Å². The normalized spacial score (nSPS) is 22.9. The zero-order valence-electron chi connectivity index (χ0n) is 32.9. The summed E-state index contributed by atoms with van der Waals surface area (Å²) in [5.74, 6) is 2.98. The van der Waals surface area contributed by atoms with Crippen LogP contribution in [0.1, 0.15) is 59.6 Å². The Labute approximate surface area is 343 Å². The molecule has 2 heteroatoms. The van der Waals surface area contributed by atoms with Crippen LogP contribution in [0.2, 0.25) is 0 Å². The predicted molar refractivity (Wildman–Crippen MR) is 241 cm³/mol. The Morgan fingerprint density at radius 1 is 0.569 bits per heavy atom. The number of hydrogen-bond donors (Lipinski definition) is 0. The molecule has 0 spiro atoms. The van der Waals surface area contributed by atoms with Crippen LogP contribution in [0.3, 0.4) is 0 Å². The standard InChI is InChI=1S/C56H47NO/c1-39-16-14-19-43(36-39)40-30-32-41(33-31-40)44-34-35-52(57-53(38-44)42-17-4-2-5-18-42)49-25-9-8-24-48(49)45-20-15-23-47(37-45)56(46-21-6-3-7-22-46)50-26-10-12-28-54(50)58-55-29-13-11-27-51(55)56/h2-33,35,38-39,45,48-49H,34,36-37H2,1H3. The summed E-state index contributed by atoms with van der Waals surface area (Å²) in [4.78, 5) is 5.56. The van der Waals surface area contributed by atoms with E-state index in [1.165, 1.54) is 44.5 Å². The quantitative estimate of drug-likeness (QED) is 0.162. The lowest BCUT2D eigenvalue weighted by molar-refractivity contribution is 0.377. The van der Waals surface area contributed by atoms with Gasteiger partial charge in [0.25, 0.3) is 0 Å². The summed E-state index contributed by atoms with van der Waals surface area (Å²) in [6, 6.07) is 48.1. The minimum Gasteiger partial charge on any atom is -0.457 e. The Kier molecular flexibility index (Phi) is 9.55. The van der Waals surface area contributed by atoms with Crippen molar-refractivity contribution in [3.05, 3.63) is 251 Å². The molecule has 0 fully saturated rings. The monoisotopic (exact) mass is 749 g/mol. The number of para-hydroxylation sites is 2. The van der Waals surface area contributed by atoms with Gasteiger partial charge in [-0.2, -0.15) is 0 Å². The lowest BCUT2D eigenvalue weighted by Crippen LogP contribution is -2.37. The van der Waals surface area contributed by atoms with E-state index in [1.54, 1.807) is 0 Å². The van der Waals surface area contributed by atoms with E-state index in [0.29, 0.717) is 5.92 Å². The average molecular weight is 750 g/mol. The summed E-state index contributed by atoms with van der Waals surface area (Å²) in [6.07, 6.45) is 30.6. The molecule has 5 aromatic rings. The maximum Gasteiger partial charge on any atom is 0.132 e. The molecule has 0 amide bonds. The van der Waals surface area contributed by atoms with Crippen LogP contribution < -0.4 is 4.74 Å². The summed E-state index contributed by atoms with van der Waals surface area (Å²) in [5.41, 5.74) is 13.0. The lowest BCUT2D eigenvalue weighted by atomic mass is 9.59. The van der Waals surface area contributed by atoms with Crippen molar-refractivity contribution in [1.82, 2.24) is 0 Å². The fraction of sp³-hybridized carbons (Fsp3) is 0.161. The minimum absolute atomic E-state index is 0.114. The topological polar surface area (TPSA) is 21.6 Å². The molecule has 0 bridgehead atoms. The fourth-order valence-corrected chi connectivity index (χ4v) is 9.88. The van der Waals surface area contributed by atoms with E-state index in [2.05, 4.69) is 213 Å². The van der Waals surface area contributed by atoms with Gasteiger partial charge in [0.2, 0.25) is 0 Å². The molecule has 0 radical (unpaired) electrons. The van der Waals surface area contributed by atoms with Crippen LogP contribution in [0.15, 0.2) is 223 Å². The van der Waals surface area contributed by atoms with Crippen molar-refractivity contribution in [2.24, 2.45) is 28.7 Å². The van der Waals surface area contributed by atoms with E-state index in [0.717, 1.165) is 47.7 Å². The van der Waals surface area contributed by atoms with Gasteiger partial charge in [-0.15, -0.1) is 0 Å². The summed E-state index contributed by atoms with van der Waals surface area (Å²) >= 11 is 0. The van der Waals surface area contributed by atoms with Crippen LogP contribution >= 0.6 is 0 Å². The van der Waals surface area contributed by atoms with Gasteiger partial charge in [-0.3, -0.25) is 4.99 Å². The lowest BCUT2D eigenvalue weighted by Gasteiger charge is -2.45. The first kappa shape index (κ1) is 35.9. The van der Waals surface area contributed by atoms with Gasteiger partial charge in [0, 0.05) is 28.3 Å². The van der Waals surface area contributed by atoms with Gasteiger partial charge in [-0.1, -0.05) is 201 Å². The van der Waals surface area contributed by atoms with Crippen molar-refractivity contribution < 1.29 is 4.74 Å². The second kappa shape index (κ2) is 15.4. The fourth-order valence-electron chi connectivity index (χ4n) is 9.88. The zero-order valence-corrected chi connectivity index (χ0v) is 32.9. The number of rotatable bonds is 7.